The molecule has 0 unspecified atom stereocenters. The number of aryl methyl sites for hydroxylation is 1. The summed E-state index contributed by atoms with van der Waals surface area (Å²) in [6.07, 6.45) is 8.10. The van der Waals surface area contributed by atoms with Gasteiger partial charge in [-0.05, 0) is 30.7 Å². The van der Waals surface area contributed by atoms with Gasteiger partial charge in [-0.25, -0.2) is 4.98 Å². The molecule has 2 heterocycles. The van der Waals surface area contributed by atoms with Crippen molar-refractivity contribution >= 4 is 11.0 Å². The van der Waals surface area contributed by atoms with E-state index in [2.05, 4.69) is 29.7 Å². The minimum Gasteiger partial charge on any atom is -0.461 e. The fourth-order valence-corrected chi connectivity index (χ4v) is 2.77. The molecule has 110 valence electrons. The Kier molecular flexibility index (Phi) is 4.39. The number of unbranched alkanes of at least 4 members (excludes halogenated alkanes) is 4. The van der Waals surface area contributed by atoms with Crippen molar-refractivity contribution < 1.29 is 4.42 Å². The van der Waals surface area contributed by atoms with Crippen LogP contribution < -0.4 is 0 Å². The third kappa shape index (κ3) is 3.02. The van der Waals surface area contributed by atoms with Crippen molar-refractivity contribution in [2.75, 3.05) is 0 Å². The molecule has 0 saturated carbocycles. The lowest BCUT2D eigenvalue weighted by molar-refractivity contribution is 0.553. The van der Waals surface area contributed by atoms with Gasteiger partial charge in [0.05, 0.1) is 17.3 Å². The maximum atomic E-state index is 5.55. The Morgan fingerprint density at radius 3 is 2.67 bits per heavy atom. The summed E-state index contributed by atoms with van der Waals surface area (Å²) in [4.78, 5) is 4.74. The normalized spacial score (nSPS) is 11.3. The Bertz CT molecular complexity index is 682. The van der Waals surface area contributed by atoms with Crippen molar-refractivity contribution in [1.29, 1.82) is 0 Å². The summed E-state index contributed by atoms with van der Waals surface area (Å²) in [6.45, 7) is 3.25. The SMILES string of the molecule is CCCCCCCn1c(-c2ccco2)nc2ccccc21. The van der Waals surface area contributed by atoms with Gasteiger partial charge in [-0.15, -0.1) is 0 Å². The number of para-hydroxylation sites is 2. The first-order chi connectivity index (χ1) is 10.4. The van der Waals surface area contributed by atoms with Crippen LogP contribution in [0.2, 0.25) is 0 Å². The van der Waals surface area contributed by atoms with Crippen LogP contribution >= 0.6 is 0 Å². The van der Waals surface area contributed by atoms with Gasteiger partial charge in [0.15, 0.2) is 11.6 Å². The van der Waals surface area contributed by atoms with E-state index in [-0.39, 0.29) is 0 Å². The molecular formula is C18H22N2O. The zero-order chi connectivity index (χ0) is 14.5. The molecule has 0 saturated heterocycles. The van der Waals surface area contributed by atoms with Crippen LogP contribution in [0.15, 0.2) is 47.1 Å². The second kappa shape index (κ2) is 6.61. The van der Waals surface area contributed by atoms with Crippen molar-refractivity contribution in [2.45, 2.75) is 45.6 Å². The van der Waals surface area contributed by atoms with Gasteiger partial charge in [0.2, 0.25) is 0 Å². The molecule has 0 fully saturated rings. The minimum absolute atomic E-state index is 0.847. The van der Waals surface area contributed by atoms with Crippen LogP contribution in [0.4, 0.5) is 0 Å². The third-order valence-corrected chi connectivity index (χ3v) is 3.88. The molecule has 0 bridgehead atoms. The quantitative estimate of drug-likeness (QED) is 0.553. The summed E-state index contributed by atoms with van der Waals surface area (Å²) in [5.74, 6) is 1.79. The number of hydrogen-bond donors (Lipinski definition) is 0. The van der Waals surface area contributed by atoms with E-state index in [1.54, 1.807) is 6.26 Å². The van der Waals surface area contributed by atoms with Crippen LogP contribution in [-0.4, -0.2) is 9.55 Å². The van der Waals surface area contributed by atoms with Crippen LogP contribution in [0.1, 0.15) is 39.0 Å². The standard InChI is InChI=1S/C18H22N2O/c1-2-3-4-5-8-13-20-16-11-7-6-10-15(16)19-18(20)17-12-9-14-21-17/h6-7,9-12,14H,2-5,8,13H2,1H3. The molecule has 0 N–H and O–H groups in total. The highest BCUT2D eigenvalue weighted by Crippen LogP contribution is 2.25. The monoisotopic (exact) mass is 282 g/mol. The second-order valence-electron chi connectivity index (χ2n) is 5.47. The van der Waals surface area contributed by atoms with Crippen molar-refractivity contribution in [3.63, 3.8) is 0 Å². The molecule has 0 aliphatic carbocycles. The third-order valence-electron chi connectivity index (χ3n) is 3.88. The van der Waals surface area contributed by atoms with Crippen molar-refractivity contribution in [2.24, 2.45) is 0 Å². The second-order valence-corrected chi connectivity index (χ2v) is 5.47. The molecule has 0 radical (unpaired) electrons. The van der Waals surface area contributed by atoms with Crippen molar-refractivity contribution in [1.82, 2.24) is 9.55 Å². The average molecular weight is 282 g/mol. The zero-order valence-corrected chi connectivity index (χ0v) is 12.6. The fourth-order valence-electron chi connectivity index (χ4n) is 2.77. The highest BCUT2D eigenvalue weighted by atomic mass is 16.3. The topological polar surface area (TPSA) is 31.0 Å². The van der Waals surface area contributed by atoms with Crippen molar-refractivity contribution in [3.8, 4) is 11.6 Å². The number of nitrogens with zero attached hydrogens (tertiary/aromatic N) is 2. The van der Waals surface area contributed by atoms with E-state index in [0.29, 0.717) is 0 Å². The Morgan fingerprint density at radius 1 is 1.00 bits per heavy atom. The number of fused-ring (bicyclic) bond motifs is 1. The minimum atomic E-state index is 0.847. The molecule has 2 aromatic heterocycles. The van der Waals surface area contributed by atoms with Gasteiger partial charge in [-0.2, -0.15) is 0 Å². The average Bonchev–Trinajstić information content (AvgIpc) is 3.14. The number of rotatable bonds is 7. The maximum absolute atomic E-state index is 5.55. The van der Waals surface area contributed by atoms with Gasteiger partial charge >= 0.3 is 0 Å². The summed E-state index contributed by atoms with van der Waals surface area (Å²) >= 11 is 0. The largest absolute Gasteiger partial charge is 0.461 e. The highest BCUT2D eigenvalue weighted by Gasteiger charge is 2.13. The van der Waals surface area contributed by atoms with Crippen molar-refractivity contribution in [3.05, 3.63) is 42.7 Å². The summed E-state index contributed by atoms with van der Waals surface area (Å²) in [7, 11) is 0. The Hall–Kier alpha value is -2.03. The van der Waals surface area contributed by atoms with E-state index in [0.717, 1.165) is 23.6 Å². The zero-order valence-electron chi connectivity index (χ0n) is 12.6. The summed E-state index contributed by atoms with van der Waals surface area (Å²) < 4.78 is 7.84. The number of benzene rings is 1. The van der Waals surface area contributed by atoms with E-state index < -0.39 is 0 Å². The van der Waals surface area contributed by atoms with E-state index in [9.17, 15) is 0 Å². The molecular weight excluding hydrogens is 260 g/mol. The van der Waals surface area contributed by atoms with Gasteiger partial charge in [-0.3, -0.25) is 0 Å². The number of imidazole rings is 1. The molecule has 21 heavy (non-hydrogen) atoms. The fraction of sp³-hybridized carbons (Fsp3) is 0.389. The van der Waals surface area contributed by atoms with E-state index in [4.69, 9.17) is 9.40 Å². The molecule has 3 rings (SSSR count). The van der Waals surface area contributed by atoms with Gasteiger partial charge in [0.1, 0.15) is 0 Å². The molecule has 3 heteroatoms. The van der Waals surface area contributed by atoms with E-state index in [1.165, 1.54) is 37.6 Å². The van der Waals surface area contributed by atoms with E-state index in [1.807, 2.05) is 18.2 Å². The van der Waals surface area contributed by atoms with Gasteiger partial charge in [0.25, 0.3) is 0 Å². The number of aromatic nitrogens is 2. The van der Waals surface area contributed by atoms with Gasteiger partial charge < -0.3 is 8.98 Å². The number of hydrogen-bond acceptors (Lipinski definition) is 2. The Labute approximate surface area is 125 Å². The molecule has 0 spiro atoms. The predicted octanol–water partition coefficient (Wildman–Crippen LogP) is 5.27. The van der Waals surface area contributed by atoms with Crippen LogP contribution in [0.3, 0.4) is 0 Å². The lowest BCUT2D eigenvalue weighted by Crippen LogP contribution is -2.00. The molecule has 0 aliphatic rings. The van der Waals surface area contributed by atoms with Gasteiger partial charge in [-0.1, -0.05) is 44.7 Å². The number of furan rings is 1. The van der Waals surface area contributed by atoms with Crippen LogP contribution in [0.5, 0.6) is 0 Å². The van der Waals surface area contributed by atoms with Gasteiger partial charge in [0, 0.05) is 6.54 Å². The summed E-state index contributed by atoms with van der Waals surface area (Å²) in [5, 5.41) is 0. The lowest BCUT2D eigenvalue weighted by Gasteiger charge is -2.07. The van der Waals surface area contributed by atoms with Crippen LogP contribution in [0, 0.1) is 0 Å². The molecule has 0 amide bonds. The smallest absolute Gasteiger partial charge is 0.177 e. The van der Waals surface area contributed by atoms with E-state index >= 15 is 0 Å². The van der Waals surface area contributed by atoms with Crippen LogP contribution in [-0.2, 0) is 6.54 Å². The first kappa shape index (κ1) is 13.9. The molecule has 1 aromatic carbocycles. The molecule has 0 aliphatic heterocycles. The molecule has 0 atom stereocenters. The van der Waals surface area contributed by atoms with Crippen LogP contribution in [0.25, 0.3) is 22.6 Å². The predicted molar refractivity (Wildman–Crippen MR) is 86.2 cm³/mol. The molecule has 3 nitrogen and oxygen atoms in total. The molecule has 3 aromatic rings. The maximum Gasteiger partial charge on any atom is 0.177 e. The lowest BCUT2D eigenvalue weighted by atomic mass is 10.1. The first-order valence-corrected chi connectivity index (χ1v) is 7.89. The summed E-state index contributed by atoms with van der Waals surface area (Å²) in [5.41, 5.74) is 2.23. The Morgan fingerprint density at radius 2 is 1.86 bits per heavy atom. The highest BCUT2D eigenvalue weighted by molar-refractivity contribution is 5.79. The summed E-state index contributed by atoms with van der Waals surface area (Å²) in [6, 6.07) is 12.2. The first-order valence-electron chi connectivity index (χ1n) is 7.89. The Balaban J connectivity index is 1.86.